The molecule has 52 heavy (non-hydrogen) atoms. The Hall–Kier alpha value is -3.86. The van der Waals surface area contributed by atoms with Crippen LogP contribution in [0.4, 0.5) is 0 Å². The van der Waals surface area contributed by atoms with Crippen molar-refractivity contribution < 1.29 is 10.2 Å². The highest BCUT2D eigenvalue weighted by Gasteiger charge is 2.29. The monoisotopic (exact) mass is 724 g/mol. The summed E-state index contributed by atoms with van der Waals surface area (Å²) < 4.78 is 0. The molecule has 2 N–H and O–H groups in total. The Kier molecular flexibility index (Phi) is 10.4. The molecule has 6 aromatic rings. The van der Waals surface area contributed by atoms with Crippen LogP contribution in [0.15, 0.2) is 109 Å². The summed E-state index contributed by atoms with van der Waals surface area (Å²) in [7, 11) is 0. The zero-order chi connectivity index (χ0) is 36.6. The molecule has 1 fully saturated rings. The first-order valence-electron chi connectivity index (χ1n) is 18.8. The first-order valence-corrected chi connectivity index (χ1v) is 20.9. The molecule has 1 aliphatic carbocycles. The minimum atomic E-state index is -0.0514. The van der Waals surface area contributed by atoms with E-state index < -0.39 is 0 Å². The summed E-state index contributed by atoms with van der Waals surface area (Å²) in [6, 6.07) is 38.6. The maximum Gasteiger partial charge on any atom is 0.127 e. The number of fused-ring (bicyclic) bond motifs is 2. The molecule has 4 heteroatoms. The summed E-state index contributed by atoms with van der Waals surface area (Å²) in [6.07, 6.45) is 4.82. The predicted octanol–water partition coefficient (Wildman–Crippen LogP) is 13.8. The van der Waals surface area contributed by atoms with Crippen molar-refractivity contribution in [1.82, 2.24) is 0 Å². The Morgan fingerprint density at radius 1 is 0.500 bits per heavy atom. The fraction of sp³-hybridized carbons (Fsp3) is 0.333. The van der Waals surface area contributed by atoms with Gasteiger partial charge < -0.3 is 10.2 Å². The van der Waals surface area contributed by atoms with E-state index in [-0.39, 0.29) is 10.8 Å². The number of phenolic OH excluding ortho intramolecular Hbond substituents is 2. The molecule has 268 valence electrons. The Bertz CT molecular complexity index is 2050. The maximum atomic E-state index is 11.9. The van der Waals surface area contributed by atoms with Crippen molar-refractivity contribution in [2.45, 2.75) is 100 Å². The van der Waals surface area contributed by atoms with Gasteiger partial charge in [0.1, 0.15) is 11.5 Å². The van der Waals surface area contributed by atoms with Crippen LogP contribution in [0, 0.1) is 0 Å². The van der Waals surface area contributed by atoms with Crippen LogP contribution >= 0.6 is 23.5 Å². The molecule has 0 spiro atoms. The van der Waals surface area contributed by atoms with Crippen molar-refractivity contribution in [3.63, 3.8) is 0 Å². The van der Waals surface area contributed by atoms with Crippen LogP contribution < -0.4 is 0 Å². The fourth-order valence-corrected chi connectivity index (χ4v) is 10.7. The minimum absolute atomic E-state index is 0.0514. The summed E-state index contributed by atoms with van der Waals surface area (Å²) in [4.78, 5) is 0. The van der Waals surface area contributed by atoms with Gasteiger partial charge in [-0.15, -0.1) is 0 Å². The molecule has 0 bridgehead atoms. The van der Waals surface area contributed by atoms with E-state index in [2.05, 4.69) is 151 Å². The summed E-state index contributed by atoms with van der Waals surface area (Å²) in [6.45, 7) is 13.5. The average molecular weight is 725 g/mol. The molecule has 0 radical (unpaired) electrons. The normalized spacial score (nSPS) is 16.8. The molecule has 0 heterocycles. The topological polar surface area (TPSA) is 40.5 Å². The van der Waals surface area contributed by atoms with Gasteiger partial charge in [0.2, 0.25) is 0 Å². The van der Waals surface area contributed by atoms with Gasteiger partial charge in [-0.1, -0.05) is 151 Å². The van der Waals surface area contributed by atoms with Crippen molar-refractivity contribution in [2.24, 2.45) is 0 Å². The van der Waals surface area contributed by atoms with Gasteiger partial charge in [0.25, 0.3) is 0 Å². The van der Waals surface area contributed by atoms with Gasteiger partial charge in [-0.3, -0.25) is 0 Å². The largest absolute Gasteiger partial charge is 0.507 e. The highest BCUT2D eigenvalue weighted by atomic mass is 32.2. The van der Waals surface area contributed by atoms with Gasteiger partial charge in [0.05, 0.1) is 0 Å². The molecular weight excluding hydrogens is 673 g/mol. The molecule has 0 amide bonds. The van der Waals surface area contributed by atoms with Gasteiger partial charge in [-0.05, 0) is 79.6 Å². The van der Waals surface area contributed by atoms with E-state index in [1.54, 1.807) is 0 Å². The van der Waals surface area contributed by atoms with Crippen LogP contribution in [-0.4, -0.2) is 20.7 Å². The predicted molar refractivity (Wildman–Crippen MR) is 228 cm³/mol. The average Bonchev–Trinajstić information content (AvgIpc) is 3.13. The van der Waals surface area contributed by atoms with Crippen LogP contribution in [0.2, 0.25) is 0 Å². The molecule has 6 aromatic carbocycles. The van der Waals surface area contributed by atoms with Gasteiger partial charge >= 0.3 is 0 Å². The summed E-state index contributed by atoms with van der Waals surface area (Å²) >= 11 is 4.01. The zero-order valence-corrected chi connectivity index (χ0v) is 33.1. The molecule has 0 aliphatic heterocycles. The SMILES string of the molecule is CC(C)(C)c1cc(CS[C@H]2CCCC[C@H]2SCc2cc(C(C)(C)C)cc(-c3cccc4ccccc34)c2O)c(O)c(-c2cccc3ccccc23)c1. The van der Waals surface area contributed by atoms with Crippen LogP contribution in [0.25, 0.3) is 43.8 Å². The second kappa shape index (κ2) is 14.9. The molecule has 2 nitrogen and oxygen atoms in total. The third-order valence-corrected chi connectivity index (χ3v) is 13.9. The standard InChI is InChI=1S/C48H52O2S2/c1-47(2,3)35-25-33(45(49)41(27-35)39-21-13-17-31-15-7-9-19-37(31)39)29-51-43-23-11-12-24-44(43)52-30-34-26-36(48(4,5)6)28-42(46(34)50)40-22-14-18-32-16-8-10-20-38(32)40/h7-10,13-22,25-28,43-44,49-50H,11-12,23-24,29-30H2,1-6H3/t43-,44+. The highest BCUT2D eigenvalue weighted by Crippen LogP contribution is 2.46. The van der Waals surface area contributed by atoms with Crippen molar-refractivity contribution in [2.75, 3.05) is 0 Å². The van der Waals surface area contributed by atoms with E-state index in [9.17, 15) is 10.2 Å². The smallest absolute Gasteiger partial charge is 0.127 e. The van der Waals surface area contributed by atoms with Crippen molar-refractivity contribution in [1.29, 1.82) is 0 Å². The van der Waals surface area contributed by atoms with E-state index in [0.717, 1.165) is 55.7 Å². The van der Waals surface area contributed by atoms with E-state index in [1.165, 1.54) is 47.6 Å². The number of hydrogen-bond acceptors (Lipinski definition) is 4. The number of rotatable bonds is 8. The molecule has 1 aliphatic rings. The van der Waals surface area contributed by atoms with E-state index in [4.69, 9.17) is 0 Å². The Morgan fingerprint density at radius 2 is 0.885 bits per heavy atom. The quantitative estimate of drug-likeness (QED) is 0.164. The number of aromatic hydroxyl groups is 2. The number of hydrogen-bond donors (Lipinski definition) is 2. The molecular formula is C48H52O2S2. The molecule has 7 rings (SSSR count). The fourth-order valence-electron chi connectivity index (χ4n) is 7.64. The van der Waals surface area contributed by atoms with Crippen LogP contribution in [0.1, 0.15) is 89.5 Å². The highest BCUT2D eigenvalue weighted by molar-refractivity contribution is 8.03. The Labute approximate surface area is 319 Å². The van der Waals surface area contributed by atoms with Crippen molar-refractivity contribution in [3.8, 4) is 33.8 Å². The number of phenols is 2. The first-order chi connectivity index (χ1) is 24.9. The minimum Gasteiger partial charge on any atom is -0.507 e. The summed E-state index contributed by atoms with van der Waals surface area (Å²) in [5.41, 5.74) is 8.43. The van der Waals surface area contributed by atoms with E-state index in [1.807, 2.05) is 23.5 Å². The maximum absolute atomic E-state index is 11.9. The van der Waals surface area contributed by atoms with Gasteiger partial charge in [0, 0.05) is 44.3 Å². The van der Waals surface area contributed by atoms with Crippen LogP contribution in [0.5, 0.6) is 11.5 Å². The lowest BCUT2D eigenvalue weighted by Gasteiger charge is -2.31. The number of thioether (sulfide) groups is 2. The lowest BCUT2D eigenvalue weighted by atomic mass is 9.83. The summed E-state index contributed by atoms with van der Waals surface area (Å²) in [5, 5.41) is 29.4. The molecule has 0 unspecified atom stereocenters. The van der Waals surface area contributed by atoms with E-state index in [0.29, 0.717) is 22.0 Å². The first kappa shape index (κ1) is 36.5. The lowest BCUT2D eigenvalue weighted by molar-refractivity contribution is 0.470. The second-order valence-corrected chi connectivity index (χ2v) is 19.1. The third-order valence-electron chi connectivity index (χ3n) is 10.8. The second-order valence-electron chi connectivity index (χ2n) is 16.6. The Balaban J connectivity index is 1.16. The molecule has 1 saturated carbocycles. The van der Waals surface area contributed by atoms with Crippen LogP contribution in [0.3, 0.4) is 0 Å². The van der Waals surface area contributed by atoms with Crippen molar-refractivity contribution in [3.05, 3.63) is 131 Å². The zero-order valence-electron chi connectivity index (χ0n) is 31.5. The van der Waals surface area contributed by atoms with Crippen molar-refractivity contribution >= 4 is 45.1 Å². The van der Waals surface area contributed by atoms with Crippen LogP contribution in [-0.2, 0) is 22.3 Å². The molecule has 0 saturated heterocycles. The molecule has 0 aromatic heterocycles. The molecule has 2 atom stereocenters. The number of benzene rings is 6. The van der Waals surface area contributed by atoms with E-state index >= 15 is 0 Å². The van der Waals surface area contributed by atoms with Gasteiger partial charge in [-0.25, -0.2) is 0 Å². The van der Waals surface area contributed by atoms with Gasteiger partial charge in [0.15, 0.2) is 0 Å². The Morgan fingerprint density at radius 3 is 1.29 bits per heavy atom. The third kappa shape index (κ3) is 7.61. The lowest BCUT2D eigenvalue weighted by Crippen LogP contribution is -2.25. The summed E-state index contributed by atoms with van der Waals surface area (Å²) in [5.74, 6) is 2.35. The van der Waals surface area contributed by atoms with Gasteiger partial charge in [-0.2, -0.15) is 23.5 Å².